The van der Waals surface area contributed by atoms with Crippen molar-refractivity contribution in [2.24, 2.45) is 0 Å². The third kappa shape index (κ3) is 3.02. The zero-order valence-electron chi connectivity index (χ0n) is 11.0. The molecule has 0 fully saturated rings. The lowest BCUT2D eigenvalue weighted by molar-refractivity contribution is -0.116. The van der Waals surface area contributed by atoms with Gasteiger partial charge in [-0.2, -0.15) is 0 Å². The monoisotopic (exact) mass is 272 g/mol. The molecule has 0 heterocycles. The smallest absolute Gasteiger partial charge is 0.150 e. The molecule has 0 atom stereocenters. The molecule has 0 saturated heterocycles. The molecule has 0 saturated carbocycles. The van der Waals surface area contributed by atoms with Crippen molar-refractivity contribution in [1.29, 1.82) is 0 Å². The molecule has 19 heavy (non-hydrogen) atoms. The molecule has 98 valence electrons. The van der Waals surface area contributed by atoms with E-state index in [-0.39, 0.29) is 11.9 Å². The van der Waals surface area contributed by atoms with Crippen LogP contribution in [0.2, 0.25) is 0 Å². The molecular formula is C16H17O2P. The highest BCUT2D eigenvalue weighted by Crippen LogP contribution is 2.43. The van der Waals surface area contributed by atoms with Crippen LogP contribution in [0.15, 0.2) is 60.7 Å². The second kappa shape index (κ2) is 5.99. The second-order valence-electron chi connectivity index (χ2n) is 4.46. The van der Waals surface area contributed by atoms with Crippen LogP contribution in [0, 0.1) is 0 Å². The summed E-state index contributed by atoms with van der Waals surface area (Å²) < 4.78 is 13.4. The summed E-state index contributed by atoms with van der Waals surface area (Å²) in [5, 5.41) is 1.51. The fourth-order valence-electron chi connectivity index (χ4n) is 2.03. The molecular weight excluding hydrogens is 255 g/mol. The standard InChI is InChI=1S/C16H17O2P/c1-2-14(17)13-19(18,15-9-5-3-6-10-15)16-11-7-4-8-12-16/h3-12H,2,13H2,1H3. The van der Waals surface area contributed by atoms with Gasteiger partial charge in [0.1, 0.15) is 12.9 Å². The number of carbonyl (C=O) groups excluding carboxylic acids is 1. The predicted molar refractivity (Wildman–Crippen MR) is 79.9 cm³/mol. The fraction of sp³-hybridized carbons (Fsp3) is 0.188. The van der Waals surface area contributed by atoms with Gasteiger partial charge in [0.15, 0.2) is 0 Å². The Bertz CT molecular complexity index is 547. The van der Waals surface area contributed by atoms with E-state index in [1.54, 1.807) is 0 Å². The van der Waals surface area contributed by atoms with Crippen LogP contribution in [0.4, 0.5) is 0 Å². The highest BCUT2D eigenvalue weighted by molar-refractivity contribution is 7.79. The van der Waals surface area contributed by atoms with Crippen LogP contribution in [0.3, 0.4) is 0 Å². The molecule has 0 amide bonds. The number of hydrogen-bond donors (Lipinski definition) is 0. The average Bonchev–Trinajstić information content (AvgIpc) is 2.48. The highest BCUT2D eigenvalue weighted by atomic mass is 31.2. The summed E-state index contributed by atoms with van der Waals surface area (Å²) in [7, 11) is -2.85. The Balaban J connectivity index is 2.51. The molecule has 2 aromatic rings. The summed E-state index contributed by atoms with van der Waals surface area (Å²) in [6.45, 7) is 1.81. The van der Waals surface area contributed by atoms with Gasteiger partial charge in [-0.1, -0.05) is 67.6 Å². The van der Waals surface area contributed by atoms with E-state index < -0.39 is 7.14 Å². The van der Waals surface area contributed by atoms with E-state index in [1.807, 2.05) is 67.6 Å². The number of carbonyl (C=O) groups is 1. The first-order chi connectivity index (χ1) is 9.16. The van der Waals surface area contributed by atoms with Crippen molar-refractivity contribution in [3.63, 3.8) is 0 Å². The normalized spacial score (nSPS) is 11.2. The van der Waals surface area contributed by atoms with Crippen molar-refractivity contribution in [1.82, 2.24) is 0 Å². The third-order valence-corrected chi connectivity index (χ3v) is 6.20. The maximum Gasteiger partial charge on any atom is 0.150 e. The number of hydrogen-bond acceptors (Lipinski definition) is 2. The molecule has 0 unspecified atom stereocenters. The van der Waals surface area contributed by atoms with E-state index >= 15 is 0 Å². The number of ketones is 1. The van der Waals surface area contributed by atoms with Gasteiger partial charge in [-0.15, -0.1) is 0 Å². The summed E-state index contributed by atoms with van der Waals surface area (Å²) in [6.07, 6.45) is 0.529. The topological polar surface area (TPSA) is 34.1 Å². The van der Waals surface area contributed by atoms with Crippen molar-refractivity contribution >= 4 is 23.5 Å². The Morgan fingerprint density at radius 1 is 0.895 bits per heavy atom. The molecule has 2 aromatic carbocycles. The molecule has 3 heteroatoms. The minimum absolute atomic E-state index is 0.0380. The quantitative estimate of drug-likeness (QED) is 0.784. The molecule has 0 bridgehead atoms. The van der Waals surface area contributed by atoms with Gasteiger partial charge < -0.3 is 4.57 Å². The predicted octanol–water partition coefficient (Wildman–Crippen LogP) is 2.98. The van der Waals surface area contributed by atoms with Crippen LogP contribution in [0.1, 0.15) is 13.3 Å². The summed E-state index contributed by atoms with van der Waals surface area (Å²) in [5.41, 5.74) is 0. The maximum atomic E-state index is 13.4. The fourth-order valence-corrected chi connectivity index (χ4v) is 4.72. The number of rotatable bonds is 5. The van der Waals surface area contributed by atoms with E-state index in [4.69, 9.17) is 0 Å². The van der Waals surface area contributed by atoms with Crippen molar-refractivity contribution in [2.75, 3.05) is 6.16 Å². The van der Waals surface area contributed by atoms with Gasteiger partial charge in [-0.3, -0.25) is 4.79 Å². The summed E-state index contributed by atoms with van der Waals surface area (Å²) in [5.74, 6) is 0.0380. The van der Waals surface area contributed by atoms with Crippen LogP contribution >= 0.6 is 7.14 Å². The highest BCUT2D eigenvalue weighted by Gasteiger charge is 2.29. The van der Waals surface area contributed by atoms with E-state index in [0.717, 1.165) is 10.6 Å². The van der Waals surface area contributed by atoms with Crippen LogP contribution < -0.4 is 10.6 Å². The van der Waals surface area contributed by atoms with Gasteiger partial charge in [0.05, 0.1) is 6.16 Å². The first-order valence-corrected chi connectivity index (χ1v) is 8.28. The Morgan fingerprint density at radius 3 is 1.68 bits per heavy atom. The third-order valence-electron chi connectivity index (χ3n) is 3.14. The van der Waals surface area contributed by atoms with Crippen LogP contribution in [-0.4, -0.2) is 11.9 Å². The first-order valence-electron chi connectivity index (χ1n) is 6.39. The number of benzene rings is 2. The van der Waals surface area contributed by atoms with Crippen LogP contribution in [0.25, 0.3) is 0 Å². The van der Waals surface area contributed by atoms with E-state index in [0.29, 0.717) is 6.42 Å². The van der Waals surface area contributed by atoms with Gasteiger partial charge in [0, 0.05) is 17.0 Å². The summed E-state index contributed by atoms with van der Waals surface area (Å²) in [4.78, 5) is 11.8. The van der Waals surface area contributed by atoms with E-state index in [1.165, 1.54) is 0 Å². The van der Waals surface area contributed by atoms with Gasteiger partial charge >= 0.3 is 0 Å². The summed E-state index contributed by atoms with van der Waals surface area (Å²) >= 11 is 0. The van der Waals surface area contributed by atoms with Crippen molar-refractivity contribution in [3.05, 3.63) is 60.7 Å². The Labute approximate surface area is 113 Å². The van der Waals surface area contributed by atoms with E-state index in [2.05, 4.69) is 0 Å². The Morgan fingerprint density at radius 2 is 1.32 bits per heavy atom. The zero-order chi connectivity index (χ0) is 13.7. The second-order valence-corrected chi connectivity index (χ2v) is 7.29. The molecule has 0 aromatic heterocycles. The first kappa shape index (κ1) is 13.8. The van der Waals surface area contributed by atoms with Crippen LogP contribution in [-0.2, 0) is 9.36 Å². The molecule has 0 aliphatic carbocycles. The Kier molecular flexibility index (Phi) is 4.34. The Hall–Kier alpha value is -1.66. The minimum Gasteiger partial charge on any atom is -0.313 e. The van der Waals surface area contributed by atoms with E-state index in [9.17, 15) is 9.36 Å². The van der Waals surface area contributed by atoms with Crippen molar-refractivity contribution < 1.29 is 9.36 Å². The zero-order valence-corrected chi connectivity index (χ0v) is 11.8. The average molecular weight is 272 g/mol. The van der Waals surface area contributed by atoms with Crippen LogP contribution in [0.5, 0.6) is 0 Å². The van der Waals surface area contributed by atoms with Crippen molar-refractivity contribution in [2.45, 2.75) is 13.3 Å². The molecule has 0 radical (unpaired) electrons. The SMILES string of the molecule is CCC(=O)CP(=O)(c1ccccc1)c1ccccc1. The lowest BCUT2D eigenvalue weighted by atomic mass is 10.3. The lowest BCUT2D eigenvalue weighted by Crippen LogP contribution is -2.22. The minimum atomic E-state index is -2.85. The van der Waals surface area contributed by atoms with Gasteiger partial charge in [0.25, 0.3) is 0 Å². The molecule has 0 N–H and O–H groups in total. The van der Waals surface area contributed by atoms with Gasteiger partial charge in [-0.05, 0) is 0 Å². The lowest BCUT2D eigenvalue weighted by Gasteiger charge is -2.18. The van der Waals surface area contributed by atoms with Gasteiger partial charge in [-0.25, -0.2) is 0 Å². The maximum absolute atomic E-state index is 13.4. The van der Waals surface area contributed by atoms with Gasteiger partial charge in [0.2, 0.25) is 0 Å². The van der Waals surface area contributed by atoms with Crippen molar-refractivity contribution in [3.8, 4) is 0 Å². The largest absolute Gasteiger partial charge is 0.313 e. The summed E-state index contributed by atoms with van der Waals surface area (Å²) in [6, 6.07) is 18.6. The molecule has 2 rings (SSSR count). The molecule has 0 spiro atoms. The number of Topliss-reactive ketones (excluding diaryl/α,β-unsaturated/α-hetero) is 1. The molecule has 0 aliphatic heterocycles. The molecule has 2 nitrogen and oxygen atoms in total. The molecule has 0 aliphatic rings.